The van der Waals surface area contributed by atoms with Gasteiger partial charge in [-0.3, -0.25) is 14.4 Å². The summed E-state index contributed by atoms with van der Waals surface area (Å²) in [5.41, 5.74) is 2.19. The molecule has 3 aromatic carbocycles. The van der Waals surface area contributed by atoms with Crippen molar-refractivity contribution < 1.29 is 19.1 Å². The van der Waals surface area contributed by atoms with Crippen molar-refractivity contribution in [3.05, 3.63) is 90.0 Å². The predicted molar refractivity (Wildman–Crippen MR) is 124 cm³/mol. The van der Waals surface area contributed by atoms with E-state index in [-0.39, 0.29) is 24.5 Å². The number of para-hydroxylation sites is 3. The summed E-state index contributed by atoms with van der Waals surface area (Å²) in [7, 11) is 0. The summed E-state index contributed by atoms with van der Waals surface area (Å²) in [5, 5.41) is 8.32. The van der Waals surface area contributed by atoms with Crippen molar-refractivity contribution in [3.8, 4) is 5.75 Å². The van der Waals surface area contributed by atoms with E-state index >= 15 is 0 Å². The number of carbonyl (C=O) groups excluding carboxylic acids is 3. The summed E-state index contributed by atoms with van der Waals surface area (Å²) >= 11 is 0. The highest BCUT2D eigenvalue weighted by molar-refractivity contribution is 6.04. The first kappa shape index (κ1) is 22.6. The minimum absolute atomic E-state index is 0.193. The summed E-state index contributed by atoms with van der Waals surface area (Å²) in [4.78, 5) is 36.6. The maximum absolute atomic E-state index is 12.8. The van der Waals surface area contributed by atoms with Crippen LogP contribution in [-0.2, 0) is 9.59 Å². The maximum Gasteiger partial charge on any atom is 0.262 e. The van der Waals surface area contributed by atoms with Crippen molar-refractivity contribution in [3.63, 3.8) is 0 Å². The van der Waals surface area contributed by atoms with Gasteiger partial charge >= 0.3 is 0 Å². The molecule has 0 aliphatic rings. The molecule has 0 aromatic heterocycles. The van der Waals surface area contributed by atoms with Gasteiger partial charge in [-0.2, -0.15) is 0 Å². The third-order valence-electron chi connectivity index (χ3n) is 4.65. The van der Waals surface area contributed by atoms with Crippen LogP contribution in [0.15, 0.2) is 78.9 Å². The van der Waals surface area contributed by atoms with Crippen molar-refractivity contribution in [2.24, 2.45) is 0 Å². The minimum atomic E-state index is -0.431. The van der Waals surface area contributed by atoms with Crippen LogP contribution < -0.4 is 20.7 Å². The number of rotatable bonds is 8. The largest absolute Gasteiger partial charge is 0.482 e. The van der Waals surface area contributed by atoms with Crippen LogP contribution in [0.3, 0.4) is 0 Å². The minimum Gasteiger partial charge on any atom is -0.482 e. The number of hydrogen-bond donors (Lipinski definition) is 3. The second-order valence-electron chi connectivity index (χ2n) is 7.17. The van der Waals surface area contributed by atoms with E-state index in [1.54, 1.807) is 48.5 Å². The first-order valence-electron chi connectivity index (χ1n) is 10.2. The molecule has 7 nitrogen and oxygen atoms in total. The van der Waals surface area contributed by atoms with Gasteiger partial charge in [-0.05, 0) is 36.8 Å². The summed E-state index contributed by atoms with van der Waals surface area (Å²) in [6, 6.07) is 23.0. The van der Waals surface area contributed by atoms with E-state index in [0.29, 0.717) is 22.7 Å². The average molecular weight is 431 g/mol. The summed E-state index contributed by atoms with van der Waals surface area (Å²) in [6.45, 7) is 3.01. The number of benzene rings is 3. The highest BCUT2D eigenvalue weighted by atomic mass is 16.5. The molecule has 3 rings (SSSR count). The molecule has 32 heavy (non-hydrogen) atoms. The SMILES string of the molecule is CC(=O)Nc1ccccc1OCC(=O)Nc1ccccc1C(=O)NC(C)c1ccccc1. The molecule has 0 radical (unpaired) electrons. The molecule has 164 valence electrons. The van der Waals surface area contributed by atoms with Gasteiger partial charge in [0, 0.05) is 6.92 Å². The van der Waals surface area contributed by atoms with Crippen molar-refractivity contribution in [2.75, 3.05) is 17.2 Å². The fraction of sp³-hybridized carbons (Fsp3) is 0.160. The molecule has 7 heteroatoms. The second-order valence-corrected chi connectivity index (χ2v) is 7.17. The molecule has 0 saturated carbocycles. The maximum atomic E-state index is 12.8. The number of carbonyl (C=O) groups is 3. The lowest BCUT2D eigenvalue weighted by atomic mass is 10.1. The van der Waals surface area contributed by atoms with E-state index in [0.717, 1.165) is 5.56 Å². The molecule has 3 N–H and O–H groups in total. The summed E-state index contributed by atoms with van der Waals surface area (Å²) < 4.78 is 5.57. The number of amides is 3. The van der Waals surface area contributed by atoms with Crippen LogP contribution in [0.5, 0.6) is 5.75 Å². The van der Waals surface area contributed by atoms with Crippen molar-refractivity contribution >= 4 is 29.1 Å². The van der Waals surface area contributed by atoms with Crippen LogP contribution in [0.1, 0.15) is 35.8 Å². The van der Waals surface area contributed by atoms with Crippen LogP contribution in [-0.4, -0.2) is 24.3 Å². The Balaban J connectivity index is 1.64. The van der Waals surface area contributed by atoms with Gasteiger partial charge in [-0.25, -0.2) is 0 Å². The van der Waals surface area contributed by atoms with Crippen LogP contribution in [0.25, 0.3) is 0 Å². The van der Waals surface area contributed by atoms with E-state index in [2.05, 4.69) is 16.0 Å². The van der Waals surface area contributed by atoms with Crippen LogP contribution >= 0.6 is 0 Å². The Morgan fingerprint density at radius 2 is 1.44 bits per heavy atom. The van der Waals surface area contributed by atoms with E-state index in [9.17, 15) is 14.4 Å². The Morgan fingerprint density at radius 1 is 0.812 bits per heavy atom. The Morgan fingerprint density at radius 3 is 2.16 bits per heavy atom. The van der Waals surface area contributed by atoms with Crippen molar-refractivity contribution in [2.45, 2.75) is 19.9 Å². The predicted octanol–water partition coefficient (Wildman–Crippen LogP) is 4.15. The fourth-order valence-corrected chi connectivity index (χ4v) is 3.10. The third-order valence-corrected chi connectivity index (χ3v) is 4.65. The van der Waals surface area contributed by atoms with Gasteiger partial charge in [0.25, 0.3) is 11.8 Å². The van der Waals surface area contributed by atoms with Gasteiger partial charge in [0.05, 0.1) is 23.0 Å². The number of anilines is 2. The Hall–Kier alpha value is -4.13. The first-order chi connectivity index (χ1) is 15.4. The number of hydrogen-bond acceptors (Lipinski definition) is 4. The van der Waals surface area contributed by atoms with E-state index in [1.807, 2.05) is 37.3 Å². The van der Waals surface area contributed by atoms with Gasteiger partial charge in [0.1, 0.15) is 5.75 Å². The molecular weight excluding hydrogens is 406 g/mol. The molecule has 1 unspecified atom stereocenters. The smallest absolute Gasteiger partial charge is 0.262 e. The Labute approximate surface area is 186 Å². The van der Waals surface area contributed by atoms with Crippen LogP contribution in [0.4, 0.5) is 11.4 Å². The molecule has 0 aliphatic carbocycles. The molecule has 0 aliphatic heterocycles. The molecule has 0 saturated heterocycles. The Bertz CT molecular complexity index is 1100. The molecule has 0 spiro atoms. The van der Waals surface area contributed by atoms with Gasteiger partial charge in [0.2, 0.25) is 5.91 Å². The zero-order chi connectivity index (χ0) is 22.9. The monoisotopic (exact) mass is 431 g/mol. The summed E-state index contributed by atoms with van der Waals surface area (Å²) in [5.74, 6) is -0.594. The average Bonchev–Trinajstić information content (AvgIpc) is 2.79. The van der Waals surface area contributed by atoms with Crippen molar-refractivity contribution in [1.29, 1.82) is 0 Å². The molecule has 0 heterocycles. The normalized spacial score (nSPS) is 11.2. The lowest BCUT2D eigenvalue weighted by Gasteiger charge is -2.17. The van der Waals surface area contributed by atoms with Crippen LogP contribution in [0.2, 0.25) is 0 Å². The molecule has 3 amide bonds. The van der Waals surface area contributed by atoms with Gasteiger partial charge in [-0.1, -0.05) is 54.6 Å². The van der Waals surface area contributed by atoms with E-state index in [1.165, 1.54) is 6.92 Å². The zero-order valence-corrected chi connectivity index (χ0v) is 17.9. The highest BCUT2D eigenvalue weighted by Crippen LogP contribution is 2.24. The lowest BCUT2D eigenvalue weighted by molar-refractivity contribution is -0.118. The summed E-state index contributed by atoms with van der Waals surface area (Å²) in [6.07, 6.45) is 0. The van der Waals surface area contributed by atoms with Gasteiger partial charge < -0.3 is 20.7 Å². The van der Waals surface area contributed by atoms with Gasteiger partial charge in [-0.15, -0.1) is 0 Å². The van der Waals surface area contributed by atoms with Gasteiger partial charge in [0.15, 0.2) is 6.61 Å². The molecule has 0 bridgehead atoms. The standard InChI is InChI=1S/C25H25N3O4/c1-17(19-10-4-3-5-11-19)26-25(31)20-12-6-7-13-21(20)28-24(30)16-32-23-15-9-8-14-22(23)27-18(2)29/h3-15,17H,16H2,1-2H3,(H,26,31)(H,27,29)(H,28,30). The van der Waals surface area contributed by atoms with Crippen LogP contribution in [0, 0.1) is 0 Å². The zero-order valence-electron chi connectivity index (χ0n) is 17.9. The van der Waals surface area contributed by atoms with E-state index < -0.39 is 5.91 Å². The second kappa shape index (κ2) is 10.8. The Kier molecular flexibility index (Phi) is 7.59. The topological polar surface area (TPSA) is 96.5 Å². The molecular formula is C25H25N3O4. The number of ether oxygens (including phenoxy) is 1. The van der Waals surface area contributed by atoms with Crippen molar-refractivity contribution in [1.82, 2.24) is 5.32 Å². The first-order valence-corrected chi connectivity index (χ1v) is 10.2. The molecule has 0 fully saturated rings. The molecule has 1 atom stereocenters. The highest BCUT2D eigenvalue weighted by Gasteiger charge is 2.16. The van der Waals surface area contributed by atoms with E-state index in [4.69, 9.17) is 4.74 Å². The third kappa shape index (κ3) is 6.18. The lowest BCUT2D eigenvalue weighted by Crippen LogP contribution is -2.28. The number of nitrogens with one attached hydrogen (secondary N) is 3. The quantitative estimate of drug-likeness (QED) is 0.499. The molecule has 3 aromatic rings. The fourth-order valence-electron chi connectivity index (χ4n) is 3.10.